The number of hydrogen-bond donors (Lipinski definition) is 6. The van der Waals surface area contributed by atoms with Gasteiger partial charge in [-0.25, -0.2) is 0 Å². The zero-order valence-electron chi connectivity index (χ0n) is 25.0. The van der Waals surface area contributed by atoms with Gasteiger partial charge < -0.3 is 36.4 Å². The monoisotopic (exact) mass is 595 g/mol. The van der Waals surface area contributed by atoms with Gasteiger partial charge >= 0.3 is 7.60 Å². The third kappa shape index (κ3) is 11.6. The Hall–Kier alpha value is -1.56. The molecule has 0 aromatic carbocycles. The molecular weight excluding hydrogens is 541 g/mol. The SMILES string of the molecule is C[C@H]1CN(c2nc(N)nc(NCC3CCC(CNCCCNC4CCCCC4)CC3)n2)CCN1CCCP(=O)(O)O. The van der Waals surface area contributed by atoms with Crippen LogP contribution in [0.2, 0.25) is 0 Å². The summed E-state index contributed by atoms with van der Waals surface area (Å²) >= 11 is 0. The van der Waals surface area contributed by atoms with E-state index in [1.807, 2.05) is 0 Å². The van der Waals surface area contributed by atoms with E-state index in [0.29, 0.717) is 30.8 Å². The minimum absolute atomic E-state index is 0.0737. The number of hydrogen-bond acceptors (Lipinski definition) is 10. The molecule has 12 nitrogen and oxygen atoms in total. The van der Waals surface area contributed by atoms with Gasteiger partial charge in [-0.1, -0.05) is 19.3 Å². The number of nitrogens with one attached hydrogen (secondary N) is 3. The van der Waals surface area contributed by atoms with E-state index in [-0.39, 0.29) is 18.2 Å². The van der Waals surface area contributed by atoms with Crippen LogP contribution in [-0.2, 0) is 4.57 Å². The van der Waals surface area contributed by atoms with Gasteiger partial charge in [-0.2, -0.15) is 15.0 Å². The van der Waals surface area contributed by atoms with Crippen molar-refractivity contribution in [3.05, 3.63) is 0 Å². The lowest BCUT2D eigenvalue weighted by molar-refractivity contribution is 0.188. The zero-order valence-corrected chi connectivity index (χ0v) is 25.9. The van der Waals surface area contributed by atoms with Crippen LogP contribution in [0.5, 0.6) is 0 Å². The van der Waals surface area contributed by atoms with Gasteiger partial charge in [-0.05, 0) is 96.3 Å². The Kier molecular flexibility index (Phi) is 12.9. The molecule has 2 heterocycles. The second kappa shape index (κ2) is 16.3. The molecule has 2 aliphatic carbocycles. The summed E-state index contributed by atoms with van der Waals surface area (Å²) in [6, 6.07) is 0.979. The minimum Gasteiger partial charge on any atom is -0.368 e. The van der Waals surface area contributed by atoms with Gasteiger partial charge in [0, 0.05) is 38.3 Å². The number of nitrogens with zero attached hydrogens (tertiary/aromatic N) is 5. The van der Waals surface area contributed by atoms with Gasteiger partial charge in [-0.3, -0.25) is 9.46 Å². The predicted molar refractivity (Wildman–Crippen MR) is 165 cm³/mol. The molecule has 41 heavy (non-hydrogen) atoms. The second-order valence-corrected chi connectivity index (χ2v) is 14.3. The minimum atomic E-state index is -3.95. The molecule has 234 valence electrons. The van der Waals surface area contributed by atoms with Gasteiger partial charge in [-0.15, -0.1) is 0 Å². The first kappa shape index (κ1) is 32.4. The van der Waals surface area contributed by atoms with Crippen LogP contribution >= 0.6 is 7.60 Å². The topological polar surface area (TPSA) is 165 Å². The molecule has 0 bridgehead atoms. The van der Waals surface area contributed by atoms with Gasteiger partial charge in [0.05, 0.1) is 6.16 Å². The van der Waals surface area contributed by atoms with Gasteiger partial charge in [0.2, 0.25) is 17.8 Å². The maximum absolute atomic E-state index is 11.2. The highest BCUT2D eigenvalue weighted by Crippen LogP contribution is 2.35. The summed E-state index contributed by atoms with van der Waals surface area (Å²) in [6.07, 6.45) is 13.5. The molecule has 0 spiro atoms. The zero-order chi connectivity index (χ0) is 29.1. The number of piperazine rings is 1. The van der Waals surface area contributed by atoms with Gasteiger partial charge in [0.25, 0.3) is 0 Å². The van der Waals surface area contributed by atoms with Crippen LogP contribution in [0.15, 0.2) is 0 Å². The van der Waals surface area contributed by atoms with E-state index < -0.39 is 7.60 Å². The summed E-state index contributed by atoms with van der Waals surface area (Å²) < 4.78 is 11.2. The number of rotatable bonds is 15. The lowest BCUT2D eigenvalue weighted by atomic mass is 9.82. The van der Waals surface area contributed by atoms with E-state index in [9.17, 15) is 4.57 Å². The molecule has 3 aliphatic rings. The normalized spacial score (nSPS) is 25.0. The summed E-state index contributed by atoms with van der Waals surface area (Å²) in [4.78, 5) is 36.0. The van der Waals surface area contributed by atoms with Crippen molar-refractivity contribution >= 4 is 25.4 Å². The predicted octanol–water partition coefficient (Wildman–Crippen LogP) is 2.65. The van der Waals surface area contributed by atoms with Crippen molar-refractivity contribution in [3.63, 3.8) is 0 Å². The molecule has 1 aliphatic heterocycles. The molecule has 3 fully saturated rings. The molecule has 1 saturated heterocycles. The summed E-state index contributed by atoms with van der Waals surface area (Å²) in [6.45, 7) is 9.26. The van der Waals surface area contributed by atoms with Crippen molar-refractivity contribution in [1.29, 1.82) is 0 Å². The maximum atomic E-state index is 11.2. The molecule has 2 saturated carbocycles. The van der Waals surface area contributed by atoms with Crippen molar-refractivity contribution in [2.45, 2.75) is 89.6 Å². The maximum Gasteiger partial charge on any atom is 0.325 e. The summed E-state index contributed by atoms with van der Waals surface area (Å²) in [5.41, 5.74) is 6.05. The van der Waals surface area contributed by atoms with Crippen LogP contribution in [0.4, 0.5) is 17.8 Å². The first-order valence-electron chi connectivity index (χ1n) is 16.0. The lowest BCUT2D eigenvalue weighted by Crippen LogP contribution is -2.52. The van der Waals surface area contributed by atoms with E-state index >= 15 is 0 Å². The van der Waals surface area contributed by atoms with Crippen molar-refractivity contribution in [2.24, 2.45) is 11.8 Å². The van der Waals surface area contributed by atoms with Crippen molar-refractivity contribution < 1.29 is 14.4 Å². The van der Waals surface area contributed by atoms with Crippen LogP contribution in [-0.4, -0.2) is 100 Å². The summed E-state index contributed by atoms with van der Waals surface area (Å²) in [5.74, 6) is 2.73. The molecule has 0 unspecified atom stereocenters. The molecule has 0 amide bonds. The highest BCUT2D eigenvalue weighted by atomic mass is 31.2. The van der Waals surface area contributed by atoms with Crippen LogP contribution in [0.3, 0.4) is 0 Å². The van der Waals surface area contributed by atoms with Crippen LogP contribution in [0, 0.1) is 11.8 Å². The third-order valence-corrected chi connectivity index (χ3v) is 10.00. The highest BCUT2D eigenvalue weighted by Gasteiger charge is 2.27. The standard InChI is InChI=1S/C28H54N9O3P/c1-22-21-37(17-16-36(22)15-6-18-41(38,39)40)28-34-26(29)33-27(35-28)32-20-24-11-9-23(10-12-24)19-30-13-5-14-31-25-7-3-2-4-8-25/h22-25,30-31H,2-21H2,1H3,(H2,38,39,40)(H3,29,32,33,34,35)/t22-,23?,24?/m0/s1. The fourth-order valence-electron chi connectivity index (χ4n) is 6.60. The van der Waals surface area contributed by atoms with Crippen LogP contribution in [0.1, 0.15) is 77.6 Å². The molecule has 1 atom stereocenters. The Balaban J connectivity index is 1.11. The Morgan fingerprint density at radius 3 is 2.37 bits per heavy atom. The highest BCUT2D eigenvalue weighted by molar-refractivity contribution is 7.51. The average Bonchev–Trinajstić information content (AvgIpc) is 2.95. The van der Waals surface area contributed by atoms with Crippen LogP contribution in [0.25, 0.3) is 0 Å². The molecule has 13 heteroatoms. The Labute approximate surface area is 246 Å². The largest absolute Gasteiger partial charge is 0.368 e. The van der Waals surface area contributed by atoms with Crippen molar-refractivity contribution in [1.82, 2.24) is 30.5 Å². The van der Waals surface area contributed by atoms with Crippen LogP contribution < -0.4 is 26.6 Å². The Morgan fingerprint density at radius 1 is 0.927 bits per heavy atom. The molecule has 0 radical (unpaired) electrons. The van der Waals surface area contributed by atoms with Gasteiger partial charge in [0.15, 0.2) is 0 Å². The number of nitrogens with two attached hydrogens (primary N) is 1. The summed E-state index contributed by atoms with van der Waals surface area (Å²) in [7, 11) is -3.95. The fourth-order valence-corrected chi connectivity index (χ4v) is 7.15. The fraction of sp³-hybridized carbons (Fsp3) is 0.893. The van der Waals surface area contributed by atoms with Crippen molar-refractivity contribution in [2.75, 3.05) is 74.5 Å². The number of anilines is 3. The van der Waals surface area contributed by atoms with Gasteiger partial charge in [0.1, 0.15) is 0 Å². The lowest BCUT2D eigenvalue weighted by Gasteiger charge is -2.40. The average molecular weight is 596 g/mol. The van der Waals surface area contributed by atoms with E-state index in [1.54, 1.807) is 0 Å². The Bertz CT molecular complexity index is 954. The molecule has 1 aromatic rings. The Morgan fingerprint density at radius 2 is 1.66 bits per heavy atom. The third-order valence-electron chi connectivity index (χ3n) is 9.10. The smallest absolute Gasteiger partial charge is 0.325 e. The van der Waals surface area contributed by atoms with E-state index in [2.05, 4.69) is 47.6 Å². The molecule has 7 N–H and O–H groups in total. The molecule has 4 rings (SSSR count). The summed E-state index contributed by atoms with van der Waals surface area (Å²) in [5, 5.41) is 10.9. The van der Waals surface area contributed by atoms with E-state index in [1.165, 1.54) is 64.2 Å². The molecular formula is C28H54N9O3P. The second-order valence-electron chi connectivity index (χ2n) is 12.5. The van der Waals surface area contributed by atoms with E-state index in [4.69, 9.17) is 15.5 Å². The first-order valence-corrected chi connectivity index (χ1v) is 17.8. The number of aromatic nitrogens is 3. The molecule has 1 aromatic heterocycles. The quantitative estimate of drug-likeness (QED) is 0.130. The number of nitrogen functional groups attached to an aromatic ring is 1. The van der Waals surface area contributed by atoms with E-state index in [0.717, 1.165) is 57.8 Å². The first-order chi connectivity index (χ1) is 19.7. The van der Waals surface area contributed by atoms with Crippen molar-refractivity contribution in [3.8, 4) is 0 Å².